The van der Waals surface area contributed by atoms with Crippen molar-refractivity contribution in [1.29, 1.82) is 0 Å². The van der Waals surface area contributed by atoms with Crippen LogP contribution in [0.1, 0.15) is 22.8 Å². The van der Waals surface area contributed by atoms with Gasteiger partial charge in [0.05, 0.1) is 21.6 Å². The second-order valence-corrected chi connectivity index (χ2v) is 7.24. The Morgan fingerprint density at radius 3 is 2.54 bits per heavy atom. The van der Waals surface area contributed by atoms with Gasteiger partial charge in [-0.1, -0.05) is 47.1 Å². The van der Waals surface area contributed by atoms with Crippen LogP contribution in [0.4, 0.5) is 0 Å². The molecule has 1 aliphatic heterocycles. The zero-order valence-corrected chi connectivity index (χ0v) is 16.1. The summed E-state index contributed by atoms with van der Waals surface area (Å²) in [4.78, 5) is 25.4. The Kier molecular flexibility index (Phi) is 5.91. The molecule has 0 bridgehead atoms. The van der Waals surface area contributed by atoms with Crippen LogP contribution in [0.2, 0.25) is 10.0 Å². The SMILES string of the molecule is CCOC(=O)COc1c(Cl)cc(/C=C2/Sc3ccccc3C2=O)cc1Cl. The number of carbonyl (C=O) groups is 2. The van der Waals surface area contributed by atoms with E-state index in [0.29, 0.717) is 16.0 Å². The molecule has 1 heterocycles. The Balaban J connectivity index is 1.81. The molecule has 0 amide bonds. The minimum atomic E-state index is -0.503. The minimum absolute atomic E-state index is 0.0273. The van der Waals surface area contributed by atoms with Gasteiger partial charge in [-0.2, -0.15) is 0 Å². The monoisotopic (exact) mass is 408 g/mol. The number of hydrogen-bond donors (Lipinski definition) is 0. The standard InChI is InChI=1S/C19H14Cl2O4S/c1-2-24-17(22)10-25-19-13(20)7-11(8-14(19)21)9-16-18(23)12-5-3-4-6-15(12)26-16/h3-9H,2,10H2,1H3/b16-9+. The maximum atomic E-state index is 12.4. The van der Waals surface area contributed by atoms with Crippen LogP contribution < -0.4 is 4.74 Å². The van der Waals surface area contributed by atoms with Crippen molar-refractivity contribution in [1.82, 2.24) is 0 Å². The van der Waals surface area contributed by atoms with Gasteiger partial charge in [0.15, 0.2) is 12.4 Å². The van der Waals surface area contributed by atoms with Gasteiger partial charge in [0, 0.05) is 10.5 Å². The molecule has 0 unspecified atom stereocenters. The molecule has 2 aromatic carbocycles. The Bertz CT molecular complexity index is 885. The Morgan fingerprint density at radius 2 is 1.88 bits per heavy atom. The summed E-state index contributed by atoms with van der Waals surface area (Å²) in [6.45, 7) is 1.70. The number of fused-ring (bicyclic) bond motifs is 1. The van der Waals surface area contributed by atoms with E-state index in [1.807, 2.05) is 18.2 Å². The van der Waals surface area contributed by atoms with Crippen molar-refractivity contribution >= 4 is 52.8 Å². The van der Waals surface area contributed by atoms with Gasteiger partial charge in [-0.25, -0.2) is 4.79 Å². The summed E-state index contributed by atoms with van der Waals surface area (Å²) < 4.78 is 10.1. The number of rotatable bonds is 5. The molecule has 7 heteroatoms. The molecule has 134 valence electrons. The number of carbonyl (C=O) groups excluding carboxylic acids is 2. The molecule has 4 nitrogen and oxygen atoms in total. The second-order valence-electron chi connectivity index (χ2n) is 5.34. The first-order valence-corrected chi connectivity index (χ1v) is 9.37. The summed E-state index contributed by atoms with van der Waals surface area (Å²) in [7, 11) is 0. The van der Waals surface area contributed by atoms with E-state index in [-0.39, 0.29) is 34.8 Å². The van der Waals surface area contributed by atoms with Gasteiger partial charge in [0.2, 0.25) is 5.78 Å². The molecule has 0 spiro atoms. The van der Waals surface area contributed by atoms with E-state index in [1.54, 1.807) is 31.2 Å². The Labute approximate surface area is 165 Å². The van der Waals surface area contributed by atoms with E-state index in [0.717, 1.165) is 4.90 Å². The third kappa shape index (κ3) is 4.06. The van der Waals surface area contributed by atoms with Crippen LogP contribution in [0.15, 0.2) is 46.2 Å². The van der Waals surface area contributed by atoms with E-state index in [4.69, 9.17) is 32.7 Å². The highest BCUT2D eigenvalue weighted by molar-refractivity contribution is 8.04. The lowest BCUT2D eigenvalue weighted by Crippen LogP contribution is -2.14. The van der Waals surface area contributed by atoms with E-state index in [2.05, 4.69) is 0 Å². The van der Waals surface area contributed by atoms with E-state index in [1.165, 1.54) is 11.8 Å². The molecule has 0 saturated carbocycles. The average molecular weight is 409 g/mol. The normalized spacial score (nSPS) is 14.4. The van der Waals surface area contributed by atoms with Crippen molar-refractivity contribution in [2.75, 3.05) is 13.2 Å². The lowest BCUT2D eigenvalue weighted by Gasteiger charge is -2.10. The Hall–Kier alpha value is -1.95. The number of allylic oxidation sites excluding steroid dienone is 1. The van der Waals surface area contributed by atoms with Crippen molar-refractivity contribution in [2.24, 2.45) is 0 Å². The van der Waals surface area contributed by atoms with Gasteiger partial charge >= 0.3 is 5.97 Å². The molecule has 1 aliphatic rings. The lowest BCUT2D eigenvalue weighted by molar-refractivity contribution is -0.145. The summed E-state index contributed by atoms with van der Waals surface area (Å²) in [6, 6.07) is 10.7. The molecule has 0 aliphatic carbocycles. The number of esters is 1. The largest absolute Gasteiger partial charge is 0.479 e. The maximum Gasteiger partial charge on any atom is 0.344 e. The van der Waals surface area contributed by atoms with Crippen molar-refractivity contribution in [3.05, 3.63) is 62.5 Å². The molecule has 3 rings (SSSR count). The van der Waals surface area contributed by atoms with Crippen molar-refractivity contribution in [3.63, 3.8) is 0 Å². The number of Topliss-reactive ketones (excluding diaryl/α,β-unsaturated/α-hetero) is 1. The van der Waals surface area contributed by atoms with Crippen LogP contribution in [0, 0.1) is 0 Å². The van der Waals surface area contributed by atoms with E-state index >= 15 is 0 Å². The average Bonchev–Trinajstić information content (AvgIpc) is 2.91. The third-order valence-electron chi connectivity index (χ3n) is 3.53. The third-order valence-corrected chi connectivity index (χ3v) is 5.19. The van der Waals surface area contributed by atoms with Gasteiger partial charge in [-0.3, -0.25) is 4.79 Å². The summed E-state index contributed by atoms with van der Waals surface area (Å²) >= 11 is 13.9. The molecule has 0 radical (unpaired) electrons. The molecule has 26 heavy (non-hydrogen) atoms. The van der Waals surface area contributed by atoms with Crippen molar-refractivity contribution < 1.29 is 19.1 Å². The highest BCUT2D eigenvalue weighted by atomic mass is 35.5. The van der Waals surface area contributed by atoms with Crippen molar-refractivity contribution in [3.8, 4) is 5.75 Å². The highest BCUT2D eigenvalue weighted by Gasteiger charge is 2.25. The van der Waals surface area contributed by atoms with Crippen LogP contribution in [-0.4, -0.2) is 25.0 Å². The lowest BCUT2D eigenvalue weighted by atomic mass is 10.1. The molecule has 0 fully saturated rings. The van der Waals surface area contributed by atoms with E-state index in [9.17, 15) is 9.59 Å². The van der Waals surface area contributed by atoms with Crippen LogP contribution in [0.3, 0.4) is 0 Å². The van der Waals surface area contributed by atoms with Crippen molar-refractivity contribution in [2.45, 2.75) is 11.8 Å². The van der Waals surface area contributed by atoms with Crippen LogP contribution in [-0.2, 0) is 9.53 Å². The number of halogens is 2. The Morgan fingerprint density at radius 1 is 1.19 bits per heavy atom. The molecule has 2 aromatic rings. The van der Waals surface area contributed by atoms with E-state index < -0.39 is 5.97 Å². The topological polar surface area (TPSA) is 52.6 Å². The van der Waals surface area contributed by atoms with Gasteiger partial charge in [0.1, 0.15) is 0 Å². The predicted octanol–water partition coefficient (Wildman–Crippen LogP) is 5.26. The fourth-order valence-corrected chi connectivity index (χ4v) is 4.09. The summed E-state index contributed by atoms with van der Waals surface area (Å²) in [6.07, 6.45) is 1.74. The minimum Gasteiger partial charge on any atom is -0.479 e. The fraction of sp³-hybridized carbons (Fsp3) is 0.158. The number of hydrogen-bond acceptors (Lipinski definition) is 5. The molecule has 0 saturated heterocycles. The number of thioether (sulfide) groups is 1. The van der Waals surface area contributed by atoms with Gasteiger partial charge < -0.3 is 9.47 Å². The molecule has 0 N–H and O–H groups in total. The van der Waals surface area contributed by atoms with Crippen LogP contribution in [0.5, 0.6) is 5.75 Å². The first-order chi connectivity index (χ1) is 12.5. The van der Waals surface area contributed by atoms with Crippen LogP contribution >= 0.6 is 35.0 Å². The zero-order chi connectivity index (χ0) is 18.7. The highest BCUT2D eigenvalue weighted by Crippen LogP contribution is 2.42. The van der Waals surface area contributed by atoms with Gasteiger partial charge in [0.25, 0.3) is 0 Å². The molecular formula is C19H14Cl2O4S. The molecular weight excluding hydrogens is 395 g/mol. The fourth-order valence-electron chi connectivity index (χ4n) is 2.42. The number of ketones is 1. The first-order valence-electron chi connectivity index (χ1n) is 7.80. The summed E-state index contributed by atoms with van der Waals surface area (Å²) in [5.41, 5.74) is 1.36. The summed E-state index contributed by atoms with van der Waals surface area (Å²) in [5.74, 6) is -0.325. The number of ether oxygens (including phenoxy) is 2. The smallest absolute Gasteiger partial charge is 0.344 e. The van der Waals surface area contributed by atoms with Gasteiger partial charge in [-0.05, 0) is 42.8 Å². The first kappa shape index (κ1) is 18.8. The summed E-state index contributed by atoms with van der Waals surface area (Å²) in [5, 5.41) is 0.503. The number of benzene rings is 2. The zero-order valence-electron chi connectivity index (χ0n) is 13.8. The predicted molar refractivity (Wildman–Crippen MR) is 103 cm³/mol. The quantitative estimate of drug-likeness (QED) is 0.498. The maximum absolute atomic E-state index is 12.4. The van der Waals surface area contributed by atoms with Gasteiger partial charge in [-0.15, -0.1) is 0 Å². The molecule has 0 atom stereocenters. The van der Waals surface area contributed by atoms with Crippen LogP contribution in [0.25, 0.3) is 6.08 Å². The second kappa shape index (κ2) is 8.16. The molecule has 0 aromatic heterocycles.